The number of halogens is 1. The monoisotopic (exact) mass is 349 g/mol. The van der Waals surface area contributed by atoms with Crippen molar-refractivity contribution in [2.24, 2.45) is 5.92 Å². The first-order valence-corrected chi connectivity index (χ1v) is 8.50. The van der Waals surface area contributed by atoms with Crippen LogP contribution in [0.5, 0.6) is 0 Å². The largest absolute Gasteiger partial charge is 0.325 e. The molecule has 2 fully saturated rings. The van der Waals surface area contributed by atoms with E-state index in [-0.39, 0.29) is 18.4 Å². The summed E-state index contributed by atoms with van der Waals surface area (Å²) in [6.07, 6.45) is 3.49. The van der Waals surface area contributed by atoms with Gasteiger partial charge in [-0.2, -0.15) is 0 Å². The Bertz CT molecular complexity index is 693. The molecule has 1 heterocycles. The third-order valence-corrected chi connectivity index (χ3v) is 5.15. The van der Waals surface area contributed by atoms with Gasteiger partial charge in [-0.05, 0) is 37.0 Å². The number of hydrogen-bond acceptors (Lipinski definition) is 3. The summed E-state index contributed by atoms with van der Waals surface area (Å²) in [6.45, 7) is 1.68. The van der Waals surface area contributed by atoms with E-state index in [1.807, 2.05) is 6.92 Å². The Morgan fingerprint density at radius 3 is 2.92 bits per heavy atom. The molecular weight excluding hydrogens is 330 g/mol. The van der Waals surface area contributed by atoms with Crippen LogP contribution in [0.15, 0.2) is 24.3 Å². The number of imide groups is 1. The molecule has 1 aromatic carbocycles. The summed E-state index contributed by atoms with van der Waals surface area (Å²) >= 11 is 5.88. The summed E-state index contributed by atoms with van der Waals surface area (Å²) < 4.78 is 0. The molecule has 0 aromatic heterocycles. The lowest BCUT2D eigenvalue weighted by Crippen LogP contribution is -2.54. The van der Waals surface area contributed by atoms with E-state index in [4.69, 9.17) is 11.6 Å². The highest BCUT2D eigenvalue weighted by atomic mass is 35.5. The number of rotatable bonds is 3. The zero-order chi connectivity index (χ0) is 17.3. The van der Waals surface area contributed by atoms with Crippen molar-refractivity contribution in [2.75, 3.05) is 11.9 Å². The second-order valence-electron chi connectivity index (χ2n) is 6.50. The van der Waals surface area contributed by atoms with Gasteiger partial charge in [0.05, 0.1) is 0 Å². The van der Waals surface area contributed by atoms with E-state index in [1.165, 1.54) is 0 Å². The first-order chi connectivity index (χ1) is 11.4. The highest BCUT2D eigenvalue weighted by molar-refractivity contribution is 6.30. The van der Waals surface area contributed by atoms with Crippen LogP contribution < -0.4 is 10.6 Å². The number of hydrogen-bond donors (Lipinski definition) is 2. The average molecular weight is 350 g/mol. The van der Waals surface area contributed by atoms with Gasteiger partial charge in [0.15, 0.2) is 0 Å². The molecule has 6 nitrogen and oxygen atoms in total. The highest BCUT2D eigenvalue weighted by Gasteiger charge is 2.55. The summed E-state index contributed by atoms with van der Waals surface area (Å²) in [5, 5.41) is 5.99. The Balaban J connectivity index is 1.70. The van der Waals surface area contributed by atoms with Crippen molar-refractivity contribution in [3.05, 3.63) is 29.3 Å². The van der Waals surface area contributed by atoms with Crippen molar-refractivity contribution < 1.29 is 14.4 Å². The molecule has 0 unspecified atom stereocenters. The van der Waals surface area contributed by atoms with E-state index in [0.29, 0.717) is 17.1 Å². The van der Waals surface area contributed by atoms with Gasteiger partial charge in [0.2, 0.25) is 5.91 Å². The lowest BCUT2D eigenvalue weighted by Gasteiger charge is -2.36. The van der Waals surface area contributed by atoms with Crippen molar-refractivity contribution in [3.8, 4) is 0 Å². The molecule has 2 N–H and O–H groups in total. The van der Waals surface area contributed by atoms with Gasteiger partial charge < -0.3 is 10.6 Å². The van der Waals surface area contributed by atoms with E-state index in [2.05, 4.69) is 10.6 Å². The van der Waals surface area contributed by atoms with Gasteiger partial charge in [0.25, 0.3) is 5.91 Å². The fourth-order valence-electron chi connectivity index (χ4n) is 3.55. The molecule has 1 saturated carbocycles. The van der Waals surface area contributed by atoms with Gasteiger partial charge in [-0.15, -0.1) is 0 Å². The molecule has 1 aromatic rings. The number of amides is 4. The van der Waals surface area contributed by atoms with Crippen LogP contribution >= 0.6 is 11.6 Å². The van der Waals surface area contributed by atoms with Crippen LogP contribution in [0.4, 0.5) is 10.5 Å². The lowest BCUT2D eigenvalue weighted by molar-refractivity contribution is -0.136. The quantitative estimate of drug-likeness (QED) is 0.823. The molecule has 7 heteroatoms. The second kappa shape index (κ2) is 6.43. The minimum atomic E-state index is -0.842. The number of nitrogens with zero attached hydrogens (tertiary/aromatic N) is 1. The molecular formula is C17H20ClN3O3. The molecule has 1 aliphatic carbocycles. The van der Waals surface area contributed by atoms with Gasteiger partial charge in [0.1, 0.15) is 12.1 Å². The number of benzene rings is 1. The molecule has 2 atom stereocenters. The number of carbonyl (C=O) groups excluding carboxylic acids is 3. The van der Waals surface area contributed by atoms with E-state index in [9.17, 15) is 14.4 Å². The SMILES string of the molecule is C[C@@H]1CCCC[C@@]12NC(=O)N(CC(=O)Nc1cccc(Cl)c1)C2=O. The van der Waals surface area contributed by atoms with Gasteiger partial charge in [-0.25, -0.2) is 4.79 Å². The van der Waals surface area contributed by atoms with Crippen molar-refractivity contribution in [1.82, 2.24) is 10.2 Å². The Morgan fingerprint density at radius 2 is 2.21 bits per heavy atom. The fourth-order valence-corrected chi connectivity index (χ4v) is 3.74. The zero-order valence-electron chi connectivity index (χ0n) is 13.5. The fraction of sp³-hybridized carbons (Fsp3) is 0.471. The zero-order valence-corrected chi connectivity index (χ0v) is 14.2. The number of anilines is 1. The molecule has 3 rings (SSSR count). The normalized spacial score (nSPS) is 26.6. The summed E-state index contributed by atoms with van der Waals surface area (Å²) in [6, 6.07) is 6.22. The van der Waals surface area contributed by atoms with Crippen molar-refractivity contribution >= 4 is 35.1 Å². The van der Waals surface area contributed by atoms with Crippen LogP contribution in [0, 0.1) is 5.92 Å². The van der Waals surface area contributed by atoms with Gasteiger partial charge in [0, 0.05) is 10.7 Å². The standard InChI is InChI=1S/C17H20ClN3O3/c1-11-5-2-3-8-17(11)15(23)21(16(24)20-17)10-14(22)19-13-7-4-6-12(18)9-13/h4,6-7,9,11H,2-3,5,8,10H2,1H3,(H,19,22)(H,20,24)/t11-,17-/m1/s1. The number of nitrogens with one attached hydrogen (secondary N) is 2. The van der Waals surface area contributed by atoms with Crippen LogP contribution in [0.2, 0.25) is 5.02 Å². The van der Waals surface area contributed by atoms with Crippen molar-refractivity contribution in [2.45, 2.75) is 38.1 Å². The van der Waals surface area contributed by atoms with Gasteiger partial charge >= 0.3 is 6.03 Å². The highest BCUT2D eigenvalue weighted by Crippen LogP contribution is 2.38. The van der Waals surface area contributed by atoms with Crippen molar-refractivity contribution in [3.63, 3.8) is 0 Å². The molecule has 1 spiro atoms. The Labute approximate surface area is 145 Å². The Kier molecular flexibility index (Phi) is 4.49. The topological polar surface area (TPSA) is 78.5 Å². The maximum Gasteiger partial charge on any atom is 0.325 e. The molecule has 1 saturated heterocycles. The van der Waals surface area contributed by atoms with E-state index < -0.39 is 17.5 Å². The molecule has 1 aliphatic heterocycles. The maximum absolute atomic E-state index is 12.8. The summed E-state index contributed by atoms with van der Waals surface area (Å²) in [4.78, 5) is 38.2. The number of urea groups is 1. The minimum absolute atomic E-state index is 0.0729. The minimum Gasteiger partial charge on any atom is -0.324 e. The molecule has 128 valence electrons. The van der Waals surface area contributed by atoms with E-state index in [0.717, 1.165) is 24.2 Å². The van der Waals surface area contributed by atoms with Crippen LogP contribution in [0.1, 0.15) is 32.6 Å². The lowest BCUT2D eigenvalue weighted by atomic mass is 9.73. The molecule has 0 bridgehead atoms. The molecule has 24 heavy (non-hydrogen) atoms. The first kappa shape index (κ1) is 16.8. The summed E-state index contributed by atoms with van der Waals surface area (Å²) in [5.41, 5.74) is -0.314. The smallest absolute Gasteiger partial charge is 0.324 e. The second-order valence-corrected chi connectivity index (χ2v) is 6.93. The predicted molar refractivity (Wildman–Crippen MR) is 90.7 cm³/mol. The first-order valence-electron chi connectivity index (χ1n) is 8.12. The third kappa shape index (κ3) is 2.98. The maximum atomic E-state index is 12.8. The van der Waals surface area contributed by atoms with Crippen molar-refractivity contribution in [1.29, 1.82) is 0 Å². The van der Waals surface area contributed by atoms with Crippen LogP contribution in [0.25, 0.3) is 0 Å². The van der Waals surface area contributed by atoms with E-state index >= 15 is 0 Å². The molecule has 0 radical (unpaired) electrons. The van der Waals surface area contributed by atoms with Gasteiger partial charge in [-0.3, -0.25) is 14.5 Å². The number of carbonyl (C=O) groups is 3. The third-order valence-electron chi connectivity index (χ3n) is 4.91. The van der Waals surface area contributed by atoms with E-state index in [1.54, 1.807) is 24.3 Å². The Hall–Kier alpha value is -2.08. The van der Waals surface area contributed by atoms with Crippen LogP contribution in [-0.2, 0) is 9.59 Å². The van der Waals surface area contributed by atoms with Gasteiger partial charge in [-0.1, -0.05) is 37.4 Å². The average Bonchev–Trinajstić information content (AvgIpc) is 2.75. The molecule has 4 amide bonds. The molecule has 2 aliphatic rings. The summed E-state index contributed by atoms with van der Waals surface area (Å²) in [5.74, 6) is -0.647. The van der Waals surface area contributed by atoms with Crippen LogP contribution in [-0.4, -0.2) is 34.8 Å². The summed E-state index contributed by atoms with van der Waals surface area (Å²) in [7, 11) is 0. The van der Waals surface area contributed by atoms with Crippen LogP contribution in [0.3, 0.4) is 0 Å². The Morgan fingerprint density at radius 1 is 1.42 bits per heavy atom. The predicted octanol–water partition coefficient (Wildman–Crippen LogP) is 2.78.